The van der Waals surface area contributed by atoms with E-state index in [0.29, 0.717) is 5.75 Å². The van der Waals surface area contributed by atoms with E-state index >= 15 is 0 Å². The zero-order valence-corrected chi connectivity index (χ0v) is 11.7. The van der Waals surface area contributed by atoms with E-state index in [1.165, 1.54) is 0 Å². The molecule has 2 rings (SSSR count). The van der Waals surface area contributed by atoms with Crippen LogP contribution in [-0.2, 0) is 5.41 Å². The SMILES string of the molecule is CC(C)(C)c1cccc(Oc2cc(F)cc(F)c2N)c1. The first kappa shape index (κ1) is 14.3. The van der Waals surface area contributed by atoms with E-state index in [9.17, 15) is 8.78 Å². The van der Waals surface area contributed by atoms with E-state index in [4.69, 9.17) is 10.5 Å². The van der Waals surface area contributed by atoms with E-state index in [1.54, 1.807) is 6.07 Å². The smallest absolute Gasteiger partial charge is 0.156 e. The summed E-state index contributed by atoms with van der Waals surface area (Å²) in [6.07, 6.45) is 0. The first-order valence-electron chi connectivity index (χ1n) is 6.30. The standard InChI is InChI=1S/C16H17F2NO/c1-16(2,3)10-5-4-6-12(7-10)20-14-9-11(17)8-13(18)15(14)19/h4-9H,19H2,1-3H3. The molecule has 0 heterocycles. The normalized spacial score (nSPS) is 11.4. The van der Waals surface area contributed by atoms with Crippen molar-refractivity contribution < 1.29 is 13.5 Å². The average Bonchev–Trinajstić information content (AvgIpc) is 2.35. The molecule has 2 N–H and O–H groups in total. The van der Waals surface area contributed by atoms with Crippen molar-refractivity contribution in [1.29, 1.82) is 0 Å². The highest BCUT2D eigenvalue weighted by Crippen LogP contribution is 2.32. The molecule has 20 heavy (non-hydrogen) atoms. The zero-order valence-electron chi connectivity index (χ0n) is 11.7. The number of halogens is 2. The van der Waals surface area contributed by atoms with E-state index in [0.717, 1.165) is 17.7 Å². The third-order valence-corrected chi connectivity index (χ3v) is 2.98. The van der Waals surface area contributed by atoms with Gasteiger partial charge < -0.3 is 10.5 Å². The van der Waals surface area contributed by atoms with Gasteiger partial charge in [0.1, 0.15) is 17.3 Å². The molecule has 0 unspecified atom stereocenters. The van der Waals surface area contributed by atoms with E-state index in [2.05, 4.69) is 20.8 Å². The van der Waals surface area contributed by atoms with Crippen molar-refractivity contribution in [2.45, 2.75) is 26.2 Å². The van der Waals surface area contributed by atoms with Crippen LogP contribution in [0.5, 0.6) is 11.5 Å². The number of hydrogen-bond acceptors (Lipinski definition) is 2. The Hall–Kier alpha value is -2.10. The van der Waals surface area contributed by atoms with Gasteiger partial charge in [-0.2, -0.15) is 0 Å². The molecule has 0 aliphatic rings. The molecule has 0 fully saturated rings. The Morgan fingerprint density at radius 3 is 2.40 bits per heavy atom. The lowest BCUT2D eigenvalue weighted by atomic mass is 9.87. The molecule has 2 aromatic carbocycles. The summed E-state index contributed by atoms with van der Waals surface area (Å²) in [7, 11) is 0. The Morgan fingerprint density at radius 2 is 1.75 bits per heavy atom. The molecule has 0 bridgehead atoms. The highest BCUT2D eigenvalue weighted by molar-refractivity contribution is 5.55. The van der Waals surface area contributed by atoms with Crippen LogP contribution in [0.1, 0.15) is 26.3 Å². The maximum absolute atomic E-state index is 13.4. The van der Waals surface area contributed by atoms with E-state index in [1.807, 2.05) is 18.2 Å². The van der Waals surface area contributed by atoms with Crippen molar-refractivity contribution in [2.24, 2.45) is 0 Å². The second-order valence-electron chi connectivity index (χ2n) is 5.68. The van der Waals surface area contributed by atoms with Gasteiger partial charge in [0.2, 0.25) is 0 Å². The molecule has 0 aliphatic heterocycles. The maximum Gasteiger partial charge on any atom is 0.156 e. The zero-order chi connectivity index (χ0) is 14.9. The Morgan fingerprint density at radius 1 is 1.05 bits per heavy atom. The monoisotopic (exact) mass is 277 g/mol. The van der Waals surface area contributed by atoms with Crippen LogP contribution in [0.4, 0.5) is 14.5 Å². The quantitative estimate of drug-likeness (QED) is 0.812. The Labute approximate surface area is 117 Å². The molecule has 0 aromatic heterocycles. The minimum absolute atomic E-state index is 0.0199. The third-order valence-electron chi connectivity index (χ3n) is 2.98. The number of hydrogen-bond donors (Lipinski definition) is 1. The van der Waals surface area contributed by atoms with Gasteiger partial charge in [-0.05, 0) is 23.1 Å². The number of benzene rings is 2. The summed E-state index contributed by atoms with van der Waals surface area (Å²) in [5.74, 6) is -1.08. The van der Waals surface area contributed by atoms with Crippen LogP contribution < -0.4 is 10.5 Å². The maximum atomic E-state index is 13.4. The summed E-state index contributed by atoms with van der Waals surface area (Å²) in [4.78, 5) is 0. The summed E-state index contributed by atoms with van der Waals surface area (Å²) in [6.45, 7) is 6.22. The summed E-state index contributed by atoms with van der Waals surface area (Å²) in [5, 5.41) is 0. The highest BCUT2D eigenvalue weighted by atomic mass is 19.1. The second-order valence-corrected chi connectivity index (χ2v) is 5.68. The molecule has 0 amide bonds. The van der Waals surface area contributed by atoms with Gasteiger partial charge in [0.25, 0.3) is 0 Å². The minimum Gasteiger partial charge on any atom is -0.455 e. The highest BCUT2D eigenvalue weighted by Gasteiger charge is 2.15. The van der Waals surface area contributed by atoms with E-state index in [-0.39, 0.29) is 16.9 Å². The fourth-order valence-electron chi connectivity index (χ4n) is 1.80. The number of nitrogens with two attached hydrogens (primary N) is 1. The van der Waals surface area contributed by atoms with Gasteiger partial charge in [-0.25, -0.2) is 8.78 Å². The summed E-state index contributed by atoms with van der Waals surface area (Å²) < 4.78 is 32.1. The predicted octanol–water partition coefficient (Wildman–Crippen LogP) is 4.64. The molecule has 0 aliphatic carbocycles. The molecule has 106 valence electrons. The number of anilines is 1. The summed E-state index contributed by atoms with van der Waals surface area (Å²) in [6, 6.07) is 9.17. The van der Waals surface area contributed by atoms with Crippen LogP contribution in [0, 0.1) is 11.6 Å². The third kappa shape index (κ3) is 3.07. The largest absolute Gasteiger partial charge is 0.455 e. The van der Waals surface area contributed by atoms with Crippen molar-refractivity contribution in [3.05, 3.63) is 53.6 Å². The van der Waals surface area contributed by atoms with E-state index < -0.39 is 11.6 Å². The molecule has 0 atom stereocenters. The molecule has 0 radical (unpaired) electrons. The van der Waals surface area contributed by atoms with Crippen LogP contribution in [-0.4, -0.2) is 0 Å². The summed E-state index contributed by atoms with van der Waals surface area (Å²) in [5.41, 5.74) is 6.37. The molecular weight excluding hydrogens is 260 g/mol. The topological polar surface area (TPSA) is 35.2 Å². The van der Waals surface area contributed by atoms with Crippen molar-refractivity contribution >= 4 is 5.69 Å². The van der Waals surface area contributed by atoms with Gasteiger partial charge in [0.05, 0.1) is 0 Å². The van der Waals surface area contributed by atoms with Gasteiger partial charge in [-0.3, -0.25) is 0 Å². The van der Waals surface area contributed by atoms with Crippen LogP contribution in [0.3, 0.4) is 0 Å². The molecule has 2 nitrogen and oxygen atoms in total. The average molecular weight is 277 g/mol. The lowest BCUT2D eigenvalue weighted by Gasteiger charge is -2.20. The van der Waals surface area contributed by atoms with Crippen molar-refractivity contribution in [1.82, 2.24) is 0 Å². The van der Waals surface area contributed by atoms with Crippen molar-refractivity contribution in [3.63, 3.8) is 0 Å². The minimum atomic E-state index is -0.827. The van der Waals surface area contributed by atoms with Gasteiger partial charge in [-0.15, -0.1) is 0 Å². The fraction of sp³-hybridized carbons (Fsp3) is 0.250. The second kappa shape index (κ2) is 5.12. The fourth-order valence-corrected chi connectivity index (χ4v) is 1.80. The number of rotatable bonds is 2. The van der Waals surface area contributed by atoms with Crippen LogP contribution >= 0.6 is 0 Å². The van der Waals surface area contributed by atoms with Crippen LogP contribution in [0.15, 0.2) is 36.4 Å². The molecule has 0 saturated carbocycles. The Bertz CT molecular complexity index is 633. The molecule has 0 spiro atoms. The Kier molecular flexibility index (Phi) is 3.66. The summed E-state index contributed by atoms with van der Waals surface area (Å²) >= 11 is 0. The van der Waals surface area contributed by atoms with Gasteiger partial charge in [0, 0.05) is 12.1 Å². The van der Waals surface area contributed by atoms with Crippen molar-refractivity contribution in [2.75, 3.05) is 5.73 Å². The van der Waals surface area contributed by atoms with Gasteiger partial charge in [0.15, 0.2) is 11.6 Å². The molecule has 4 heteroatoms. The first-order valence-corrected chi connectivity index (χ1v) is 6.30. The lowest BCUT2D eigenvalue weighted by Crippen LogP contribution is -2.10. The predicted molar refractivity (Wildman–Crippen MR) is 76.0 cm³/mol. The van der Waals surface area contributed by atoms with Crippen LogP contribution in [0.25, 0.3) is 0 Å². The molecule has 0 saturated heterocycles. The number of ether oxygens (including phenoxy) is 1. The van der Waals surface area contributed by atoms with Gasteiger partial charge >= 0.3 is 0 Å². The van der Waals surface area contributed by atoms with Crippen LogP contribution in [0.2, 0.25) is 0 Å². The molecular formula is C16H17F2NO. The Balaban J connectivity index is 2.36. The first-order chi connectivity index (χ1) is 9.27. The van der Waals surface area contributed by atoms with Gasteiger partial charge in [-0.1, -0.05) is 32.9 Å². The molecule has 2 aromatic rings. The lowest BCUT2D eigenvalue weighted by molar-refractivity contribution is 0.469. The number of nitrogen functional groups attached to an aromatic ring is 1. The van der Waals surface area contributed by atoms with Crippen molar-refractivity contribution in [3.8, 4) is 11.5 Å².